The van der Waals surface area contributed by atoms with Crippen molar-refractivity contribution in [3.05, 3.63) is 21.9 Å². The topological polar surface area (TPSA) is 53.7 Å². The standard InChI is InChI=1S/C12H21NO3S/c1-10-3-8-17-12(10)11(9-13)16-7-6-15-5-4-14-2/h3,8,11H,4-7,9,13H2,1-2H3. The van der Waals surface area contributed by atoms with E-state index in [9.17, 15) is 0 Å². The lowest BCUT2D eigenvalue weighted by Crippen LogP contribution is -2.18. The van der Waals surface area contributed by atoms with Crippen molar-refractivity contribution in [2.24, 2.45) is 5.73 Å². The van der Waals surface area contributed by atoms with Crippen LogP contribution in [0.3, 0.4) is 0 Å². The van der Waals surface area contributed by atoms with Crippen LogP contribution in [0, 0.1) is 6.92 Å². The molecule has 2 N–H and O–H groups in total. The molecule has 1 heterocycles. The van der Waals surface area contributed by atoms with Crippen molar-refractivity contribution in [2.45, 2.75) is 13.0 Å². The summed E-state index contributed by atoms with van der Waals surface area (Å²) in [6.07, 6.45) is -0.0129. The number of nitrogens with two attached hydrogens (primary N) is 1. The first-order valence-electron chi connectivity index (χ1n) is 5.72. The highest BCUT2D eigenvalue weighted by Gasteiger charge is 2.13. The molecule has 0 radical (unpaired) electrons. The molecule has 0 saturated carbocycles. The van der Waals surface area contributed by atoms with Gasteiger partial charge in [-0.3, -0.25) is 0 Å². The Balaban J connectivity index is 2.22. The minimum absolute atomic E-state index is 0.0129. The summed E-state index contributed by atoms with van der Waals surface area (Å²) in [4.78, 5) is 1.21. The van der Waals surface area contributed by atoms with E-state index < -0.39 is 0 Å². The molecule has 1 aromatic rings. The van der Waals surface area contributed by atoms with Crippen LogP contribution in [0.25, 0.3) is 0 Å². The fraction of sp³-hybridized carbons (Fsp3) is 0.667. The predicted octanol–water partition coefficient (Wildman–Crippen LogP) is 1.74. The van der Waals surface area contributed by atoms with Gasteiger partial charge in [-0.2, -0.15) is 0 Å². The molecule has 1 atom stereocenters. The molecule has 0 aliphatic carbocycles. The fourth-order valence-corrected chi connectivity index (χ4v) is 2.45. The van der Waals surface area contributed by atoms with Gasteiger partial charge in [0.25, 0.3) is 0 Å². The van der Waals surface area contributed by atoms with E-state index in [0.717, 1.165) is 0 Å². The van der Waals surface area contributed by atoms with Crippen molar-refractivity contribution in [3.63, 3.8) is 0 Å². The van der Waals surface area contributed by atoms with Gasteiger partial charge in [0.1, 0.15) is 6.10 Å². The monoisotopic (exact) mass is 259 g/mol. The van der Waals surface area contributed by atoms with Crippen molar-refractivity contribution in [3.8, 4) is 0 Å². The molecule has 0 aromatic carbocycles. The van der Waals surface area contributed by atoms with Crippen molar-refractivity contribution in [1.29, 1.82) is 0 Å². The second-order valence-corrected chi connectivity index (χ2v) is 4.62. The summed E-state index contributed by atoms with van der Waals surface area (Å²) in [6, 6.07) is 2.08. The molecule has 0 bridgehead atoms. The predicted molar refractivity (Wildman–Crippen MR) is 69.5 cm³/mol. The van der Waals surface area contributed by atoms with E-state index in [4.69, 9.17) is 19.9 Å². The number of ether oxygens (including phenoxy) is 3. The summed E-state index contributed by atoms with van der Waals surface area (Å²) >= 11 is 1.69. The minimum Gasteiger partial charge on any atom is -0.382 e. The van der Waals surface area contributed by atoms with Gasteiger partial charge in [-0.1, -0.05) is 0 Å². The number of thiophene rings is 1. The maximum Gasteiger partial charge on any atom is 0.104 e. The Morgan fingerprint density at radius 1 is 1.29 bits per heavy atom. The van der Waals surface area contributed by atoms with E-state index in [2.05, 4.69) is 18.4 Å². The van der Waals surface area contributed by atoms with Crippen LogP contribution in [0.2, 0.25) is 0 Å². The smallest absolute Gasteiger partial charge is 0.104 e. The zero-order chi connectivity index (χ0) is 12.5. The Morgan fingerprint density at radius 3 is 2.65 bits per heavy atom. The Hall–Kier alpha value is -0.460. The number of hydrogen-bond donors (Lipinski definition) is 1. The number of rotatable bonds is 9. The molecule has 0 fully saturated rings. The van der Waals surface area contributed by atoms with Crippen LogP contribution in [0.1, 0.15) is 16.5 Å². The Kier molecular flexibility index (Phi) is 7.39. The van der Waals surface area contributed by atoms with Gasteiger partial charge in [-0.15, -0.1) is 11.3 Å². The van der Waals surface area contributed by atoms with Gasteiger partial charge in [0.2, 0.25) is 0 Å². The summed E-state index contributed by atoms with van der Waals surface area (Å²) < 4.78 is 15.9. The zero-order valence-electron chi connectivity index (χ0n) is 10.5. The molecule has 0 spiro atoms. The second-order valence-electron chi connectivity index (χ2n) is 3.67. The third-order valence-electron chi connectivity index (χ3n) is 2.39. The molecule has 0 aliphatic rings. The summed E-state index contributed by atoms with van der Waals surface area (Å²) in [5, 5.41) is 2.06. The van der Waals surface area contributed by atoms with E-state index in [1.54, 1.807) is 18.4 Å². The van der Waals surface area contributed by atoms with E-state index >= 15 is 0 Å². The quantitative estimate of drug-likeness (QED) is 0.686. The Morgan fingerprint density at radius 2 is 2.06 bits per heavy atom. The van der Waals surface area contributed by atoms with Gasteiger partial charge in [0.15, 0.2) is 0 Å². The average molecular weight is 259 g/mol. The maximum absolute atomic E-state index is 5.72. The number of aryl methyl sites for hydroxylation is 1. The largest absolute Gasteiger partial charge is 0.382 e. The van der Waals surface area contributed by atoms with Crippen molar-refractivity contribution >= 4 is 11.3 Å². The summed E-state index contributed by atoms with van der Waals surface area (Å²) in [5.74, 6) is 0. The van der Waals surface area contributed by atoms with Crippen LogP contribution in [-0.2, 0) is 14.2 Å². The molecule has 0 aliphatic heterocycles. The SMILES string of the molecule is COCCOCCOC(CN)c1sccc1C. The maximum atomic E-state index is 5.72. The van der Waals surface area contributed by atoms with E-state index in [1.165, 1.54) is 10.4 Å². The lowest BCUT2D eigenvalue weighted by molar-refractivity contribution is -0.00328. The Bertz CT molecular complexity index is 304. The van der Waals surface area contributed by atoms with Crippen molar-refractivity contribution in [2.75, 3.05) is 40.1 Å². The molecular formula is C12H21NO3S. The first-order chi connectivity index (χ1) is 8.29. The van der Waals surface area contributed by atoms with Crippen LogP contribution < -0.4 is 5.73 Å². The van der Waals surface area contributed by atoms with E-state index in [1.807, 2.05) is 0 Å². The minimum atomic E-state index is -0.0129. The van der Waals surface area contributed by atoms with Gasteiger partial charge in [0.05, 0.1) is 26.4 Å². The van der Waals surface area contributed by atoms with Crippen LogP contribution >= 0.6 is 11.3 Å². The van der Waals surface area contributed by atoms with Gasteiger partial charge in [-0.05, 0) is 23.9 Å². The van der Waals surface area contributed by atoms with Gasteiger partial charge >= 0.3 is 0 Å². The highest BCUT2D eigenvalue weighted by atomic mass is 32.1. The van der Waals surface area contributed by atoms with Gasteiger partial charge < -0.3 is 19.9 Å². The number of methoxy groups -OCH3 is 1. The summed E-state index contributed by atoms with van der Waals surface area (Å²) in [5.41, 5.74) is 6.96. The second kappa shape index (κ2) is 8.60. The van der Waals surface area contributed by atoms with Crippen molar-refractivity contribution in [1.82, 2.24) is 0 Å². The highest BCUT2D eigenvalue weighted by Crippen LogP contribution is 2.25. The van der Waals surface area contributed by atoms with Crippen LogP contribution in [0.5, 0.6) is 0 Å². The highest BCUT2D eigenvalue weighted by molar-refractivity contribution is 7.10. The molecule has 1 rings (SSSR count). The van der Waals surface area contributed by atoms with Crippen LogP contribution in [0.15, 0.2) is 11.4 Å². The van der Waals surface area contributed by atoms with E-state index in [0.29, 0.717) is 33.0 Å². The zero-order valence-corrected chi connectivity index (χ0v) is 11.3. The number of hydrogen-bond acceptors (Lipinski definition) is 5. The molecular weight excluding hydrogens is 238 g/mol. The van der Waals surface area contributed by atoms with Gasteiger partial charge in [0, 0.05) is 18.5 Å². The average Bonchev–Trinajstić information content (AvgIpc) is 2.75. The molecule has 4 nitrogen and oxygen atoms in total. The first kappa shape index (κ1) is 14.6. The molecule has 17 heavy (non-hydrogen) atoms. The summed E-state index contributed by atoms with van der Waals surface area (Å²) in [6.45, 7) is 4.93. The normalized spacial score (nSPS) is 12.9. The Labute approximate surface area is 107 Å². The lowest BCUT2D eigenvalue weighted by atomic mass is 10.2. The fourth-order valence-electron chi connectivity index (χ4n) is 1.46. The molecule has 98 valence electrons. The molecule has 0 saturated heterocycles. The summed E-state index contributed by atoms with van der Waals surface area (Å²) in [7, 11) is 1.66. The van der Waals surface area contributed by atoms with Gasteiger partial charge in [-0.25, -0.2) is 0 Å². The van der Waals surface area contributed by atoms with Crippen LogP contribution in [0.4, 0.5) is 0 Å². The molecule has 0 amide bonds. The lowest BCUT2D eigenvalue weighted by Gasteiger charge is -2.15. The molecule has 5 heteroatoms. The first-order valence-corrected chi connectivity index (χ1v) is 6.60. The molecule has 1 aromatic heterocycles. The third-order valence-corrected chi connectivity index (χ3v) is 3.50. The van der Waals surface area contributed by atoms with E-state index in [-0.39, 0.29) is 6.10 Å². The third kappa shape index (κ3) is 5.14. The van der Waals surface area contributed by atoms with Crippen molar-refractivity contribution < 1.29 is 14.2 Å². The van der Waals surface area contributed by atoms with Crippen LogP contribution in [-0.4, -0.2) is 40.1 Å². The molecule has 1 unspecified atom stereocenters.